The molecule has 0 aliphatic rings. The predicted octanol–water partition coefficient (Wildman–Crippen LogP) is 2.65. The molecule has 1 rings (SSSR count). The van der Waals surface area contributed by atoms with E-state index >= 15 is 0 Å². The van der Waals surface area contributed by atoms with Crippen LogP contribution in [0.3, 0.4) is 0 Å². The predicted molar refractivity (Wildman–Crippen MR) is 59.4 cm³/mol. The number of nitrogens with zero attached hydrogens (tertiary/aromatic N) is 1. The number of hydrogen-bond donors (Lipinski definition) is 1. The average molecular weight is 199 g/mol. The molecular weight excluding hydrogens is 186 g/mol. The van der Waals surface area contributed by atoms with Crippen molar-refractivity contribution in [3.05, 3.63) is 35.9 Å². The van der Waals surface area contributed by atoms with Gasteiger partial charge in [0.05, 0.1) is 5.88 Å². The molecule has 0 radical (unpaired) electrons. The number of hydrogen-bond acceptors (Lipinski definition) is 3. The standard InChI is InChI=1S/C9H13NS2/c1-10(8-11)12-7-9-5-3-2-4-6-9/h2-6,11H,7-8H2,1H3. The van der Waals surface area contributed by atoms with Gasteiger partial charge in [-0.15, -0.1) is 0 Å². The summed E-state index contributed by atoms with van der Waals surface area (Å²) >= 11 is 5.95. The molecule has 3 heteroatoms. The molecule has 0 heterocycles. The molecule has 0 aliphatic carbocycles. The molecule has 66 valence electrons. The topological polar surface area (TPSA) is 3.24 Å². The Labute approximate surface area is 83.7 Å². The molecule has 1 aromatic carbocycles. The van der Waals surface area contributed by atoms with Gasteiger partial charge in [0.15, 0.2) is 0 Å². The molecular formula is C9H13NS2. The van der Waals surface area contributed by atoms with Crippen LogP contribution in [0.4, 0.5) is 0 Å². The zero-order chi connectivity index (χ0) is 8.81. The molecule has 0 spiro atoms. The van der Waals surface area contributed by atoms with E-state index in [1.165, 1.54) is 5.56 Å². The molecule has 12 heavy (non-hydrogen) atoms. The molecule has 1 aromatic rings. The van der Waals surface area contributed by atoms with Gasteiger partial charge in [0, 0.05) is 5.75 Å². The highest BCUT2D eigenvalue weighted by Crippen LogP contribution is 2.14. The van der Waals surface area contributed by atoms with Crippen LogP contribution in [0.1, 0.15) is 5.56 Å². The van der Waals surface area contributed by atoms with E-state index in [9.17, 15) is 0 Å². The van der Waals surface area contributed by atoms with Crippen LogP contribution in [-0.2, 0) is 5.75 Å². The Kier molecular flexibility index (Phi) is 4.58. The zero-order valence-corrected chi connectivity index (χ0v) is 8.81. The molecule has 0 aliphatic heterocycles. The minimum absolute atomic E-state index is 0.789. The van der Waals surface area contributed by atoms with Crippen molar-refractivity contribution in [2.24, 2.45) is 0 Å². The highest BCUT2D eigenvalue weighted by atomic mass is 32.2. The summed E-state index contributed by atoms with van der Waals surface area (Å²) in [4.78, 5) is 0. The quantitative estimate of drug-likeness (QED) is 0.451. The summed E-state index contributed by atoms with van der Waals surface area (Å²) in [6, 6.07) is 10.4. The van der Waals surface area contributed by atoms with Crippen LogP contribution in [0.2, 0.25) is 0 Å². The van der Waals surface area contributed by atoms with Crippen molar-refractivity contribution in [3.8, 4) is 0 Å². The second-order valence-electron chi connectivity index (χ2n) is 2.53. The van der Waals surface area contributed by atoms with E-state index in [0.29, 0.717) is 0 Å². The first-order chi connectivity index (χ1) is 5.83. The summed E-state index contributed by atoms with van der Waals surface area (Å²) in [5, 5.41) is 0. The van der Waals surface area contributed by atoms with Crippen molar-refractivity contribution in [1.29, 1.82) is 0 Å². The van der Waals surface area contributed by atoms with Crippen molar-refractivity contribution in [3.63, 3.8) is 0 Å². The van der Waals surface area contributed by atoms with Crippen LogP contribution in [0.5, 0.6) is 0 Å². The number of benzene rings is 1. The minimum atomic E-state index is 0.789. The summed E-state index contributed by atoms with van der Waals surface area (Å²) in [5.74, 6) is 1.81. The number of rotatable bonds is 4. The maximum absolute atomic E-state index is 4.17. The van der Waals surface area contributed by atoms with Gasteiger partial charge in [0.1, 0.15) is 0 Å². The van der Waals surface area contributed by atoms with Gasteiger partial charge in [-0.3, -0.25) is 0 Å². The van der Waals surface area contributed by atoms with Crippen LogP contribution in [0.15, 0.2) is 30.3 Å². The Morgan fingerprint density at radius 3 is 2.58 bits per heavy atom. The van der Waals surface area contributed by atoms with Gasteiger partial charge in [-0.25, -0.2) is 4.31 Å². The summed E-state index contributed by atoms with van der Waals surface area (Å²) in [6.07, 6.45) is 0. The van der Waals surface area contributed by atoms with E-state index in [1.54, 1.807) is 11.9 Å². The van der Waals surface area contributed by atoms with Crippen molar-refractivity contribution in [2.75, 3.05) is 12.9 Å². The van der Waals surface area contributed by atoms with Crippen LogP contribution in [0, 0.1) is 0 Å². The third-order valence-electron chi connectivity index (χ3n) is 1.49. The monoisotopic (exact) mass is 199 g/mol. The van der Waals surface area contributed by atoms with Crippen molar-refractivity contribution >= 4 is 24.6 Å². The Morgan fingerprint density at radius 2 is 2.00 bits per heavy atom. The third-order valence-corrected chi connectivity index (χ3v) is 3.14. The van der Waals surface area contributed by atoms with E-state index in [1.807, 2.05) is 13.1 Å². The molecule has 0 saturated heterocycles. The second-order valence-corrected chi connectivity index (χ2v) is 3.98. The average Bonchev–Trinajstić information content (AvgIpc) is 2.16. The van der Waals surface area contributed by atoms with Crippen LogP contribution in [0.25, 0.3) is 0 Å². The maximum atomic E-state index is 4.17. The lowest BCUT2D eigenvalue weighted by molar-refractivity contribution is 0.678. The van der Waals surface area contributed by atoms with Crippen LogP contribution >= 0.6 is 24.6 Å². The summed E-state index contributed by atoms with van der Waals surface area (Å²) in [5.41, 5.74) is 1.36. The van der Waals surface area contributed by atoms with E-state index in [-0.39, 0.29) is 0 Å². The van der Waals surface area contributed by atoms with E-state index in [4.69, 9.17) is 0 Å². The minimum Gasteiger partial charge on any atom is -0.244 e. The van der Waals surface area contributed by atoms with Gasteiger partial charge in [-0.1, -0.05) is 42.3 Å². The molecule has 0 amide bonds. The Bertz CT molecular complexity index is 213. The Morgan fingerprint density at radius 1 is 1.33 bits per heavy atom. The number of thiol groups is 1. The highest BCUT2D eigenvalue weighted by Gasteiger charge is 1.95. The lowest BCUT2D eigenvalue weighted by Gasteiger charge is -2.11. The summed E-state index contributed by atoms with van der Waals surface area (Å²) < 4.78 is 2.11. The molecule has 0 aromatic heterocycles. The van der Waals surface area contributed by atoms with Crippen molar-refractivity contribution in [1.82, 2.24) is 4.31 Å². The Balaban J connectivity index is 2.33. The molecule has 0 unspecified atom stereocenters. The van der Waals surface area contributed by atoms with Gasteiger partial charge >= 0.3 is 0 Å². The molecule has 0 atom stereocenters. The SMILES string of the molecule is CN(CS)SCc1ccccc1. The van der Waals surface area contributed by atoms with Crippen LogP contribution in [-0.4, -0.2) is 17.2 Å². The third kappa shape index (κ3) is 3.52. The molecule has 0 fully saturated rings. The first-order valence-corrected chi connectivity index (χ1v) is 5.39. The Hall–Kier alpha value is -0.120. The van der Waals surface area contributed by atoms with Gasteiger partial charge in [0.25, 0.3) is 0 Å². The molecule has 0 N–H and O–H groups in total. The van der Waals surface area contributed by atoms with Crippen molar-refractivity contribution < 1.29 is 0 Å². The van der Waals surface area contributed by atoms with Gasteiger partial charge in [0.2, 0.25) is 0 Å². The molecule has 0 saturated carbocycles. The van der Waals surface area contributed by atoms with E-state index < -0.39 is 0 Å². The maximum Gasteiger partial charge on any atom is 0.0513 e. The summed E-state index contributed by atoms with van der Waals surface area (Å²) in [7, 11) is 2.04. The smallest absolute Gasteiger partial charge is 0.0513 e. The first kappa shape index (κ1) is 9.96. The first-order valence-electron chi connectivity index (χ1n) is 3.82. The van der Waals surface area contributed by atoms with Gasteiger partial charge in [-0.2, -0.15) is 12.6 Å². The van der Waals surface area contributed by atoms with Gasteiger partial charge < -0.3 is 0 Å². The molecule has 0 bridgehead atoms. The highest BCUT2D eigenvalue weighted by molar-refractivity contribution is 7.96. The fourth-order valence-electron chi connectivity index (χ4n) is 0.800. The molecule has 1 nitrogen and oxygen atoms in total. The lowest BCUT2D eigenvalue weighted by Crippen LogP contribution is -2.05. The normalized spacial score (nSPS) is 10.6. The van der Waals surface area contributed by atoms with Gasteiger partial charge in [-0.05, 0) is 12.6 Å². The largest absolute Gasteiger partial charge is 0.244 e. The van der Waals surface area contributed by atoms with Crippen LogP contribution < -0.4 is 0 Å². The fourth-order valence-corrected chi connectivity index (χ4v) is 1.69. The van der Waals surface area contributed by atoms with E-state index in [2.05, 4.69) is 41.2 Å². The zero-order valence-electron chi connectivity index (χ0n) is 7.10. The van der Waals surface area contributed by atoms with Crippen molar-refractivity contribution in [2.45, 2.75) is 5.75 Å². The fraction of sp³-hybridized carbons (Fsp3) is 0.333. The summed E-state index contributed by atoms with van der Waals surface area (Å²) in [6.45, 7) is 0. The second kappa shape index (κ2) is 5.51. The lowest BCUT2D eigenvalue weighted by atomic mass is 10.2. The van der Waals surface area contributed by atoms with E-state index in [0.717, 1.165) is 11.6 Å².